The van der Waals surface area contributed by atoms with Gasteiger partial charge in [-0.25, -0.2) is 8.78 Å². The number of anilines is 1. The Morgan fingerprint density at radius 2 is 1.83 bits per heavy atom. The van der Waals surface area contributed by atoms with E-state index in [9.17, 15) is 23.5 Å². The van der Waals surface area contributed by atoms with E-state index in [0.717, 1.165) is 17.0 Å². The Hall–Kier alpha value is -3.94. The van der Waals surface area contributed by atoms with Crippen LogP contribution in [0.2, 0.25) is 0 Å². The summed E-state index contributed by atoms with van der Waals surface area (Å²) in [6.45, 7) is 0. The summed E-state index contributed by atoms with van der Waals surface area (Å²) >= 11 is 0. The van der Waals surface area contributed by atoms with Crippen molar-refractivity contribution in [2.75, 3.05) is 12.0 Å². The summed E-state index contributed by atoms with van der Waals surface area (Å²) in [5.74, 6) is -3.75. The molecule has 1 aromatic heterocycles. The largest absolute Gasteiger partial charge is 0.507 e. The maximum atomic E-state index is 14.5. The molecule has 6 nitrogen and oxygen atoms in total. The van der Waals surface area contributed by atoms with Crippen LogP contribution in [0.4, 0.5) is 14.5 Å². The highest BCUT2D eigenvalue weighted by Crippen LogP contribution is 2.43. The second kappa shape index (κ2) is 7.47. The molecule has 1 aliphatic heterocycles. The molecule has 1 aliphatic rings. The van der Waals surface area contributed by atoms with Gasteiger partial charge in [-0.3, -0.25) is 14.5 Å². The number of aliphatic hydroxyl groups is 1. The Morgan fingerprint density at radius 1 is 1.10 bits per heavy atom. The number of ketones is 1. The summed E-state index contributed by atoms with van der Waals surface area (Å²) in [4.78, 5) is 26.5. The fraction of sp³-hybridized carbons (Fsp3) is 0.0909. The van der Waals surface area contributed by atoms with Gasteiger partial charge in [-0.05, 0) is 48.5 Å². The highest BCUT2D eigenvalue weighted by Gasteiger charge is 2.49. The van der Waals surface area contributed by atoms with Gasteiger partial charge in [0.25, 0.3) is 11.7 Å². The maximum Gasteiger partial charge on any atom is 0.300 e. The Morgan fingerprint density at radius 3 is 2.43 bits per heavy atom. The molecule has 1 saturated heterocycles. The quantitative estimate of drug-likeness (QED) is 0.396. The van der Waals surface area contributed by atoms with Crippen molar-refractivity contribution in [1.29, 1.82) is 0 Å². The molecule has 2 aromatic carbocycles. The summed E-state index contributed by atoms with van der Waals surface area (Å²) in [6.07, 6.45) is 1.32. The number of hydrogen-bond acceptors (Lipinski definition) is 5. The van der Waals surface area contributed by atoms with Crippen molar-refractivity contribution in [1.82, 2.24) is 0 Å². The van der Waals surface area contributed by atoms with Gasteiger partial charge < -0.3 is 14.3 Å². The highest BCUT2D eigenvalue weighted by molar-refractivity contribution is 6.51. The minimum Gasteiger partial charge on any atom is -0.507 e. The van der Waals surface area contributed by atoms with Gasteiger partial charge in [0.2, 0.25) is 0 Å². The van der Waals surface area contributed by atoms with Crippen molar-refractivity contribution in [3.05, 3.63) is 89.4 Å². The smallest absolute Gasteiger partial charge is 0.300 e. The molecule has 2 heterocycles. The molecule has 3 aromatic rings. The second-order valence-electron chi connectivity index (χ2n) is 6.51. The molecule has 30 heavy (non-hydrogen) atoms. The lowest BCUT2D eigenvalue weighted by atomic mass is 9.99. The van der Waals surface area contributed by atoms with Crippen LogP contribution in [0.1, 0.15) is 17.4 Å². The van der Waals surface area contributed by atoms with E-state index >= 15 is 0 Å². The molecule has 0 saturated carbocycles. The van der Waals surface area contributed by atoms with Crippen molar-refractivity contribution < 1.29 is 32.6 Å². The molecule has 1 atom stereocenters. The van der Waals surface area contributed by atoms with E-state index in [1.54, 1.807) is 12.1 Å². The van der Waals surface area contributed by atoms with E-state index in [-0.39, 0.29) is 22.6 Å². The lowest BCUT2D eigenvalue weighted by molar-refractivity contribution is -0.132. The zero-order chi connectivity index (χ0) is 21.4. The van der Waals surface area contributed by atoms with Crippen LogP contribution in [0.5, 0.6) is 5.75 Å². The third-order valence-corrected chi connectivity index (χ3v) is 4.79. The number of ether oxygens (including phenoxy) is 1. The highest BCUT2D eigenvalue weighted by atomic mass is 19.1. The zero-order valence-corrected chi connectivity index (χ0v) is 15.6. The Balaban J connectivity index is 1.91. The van der Waals surface area contributed by atoms with Crippen LogP contribution >= 0.6 is 0 Å². The fourth-order valence-corrected chi connectivity index (χ4v) is 3.38. The maximum absolute atomic E-state index is 14.5. The van der Waals surface area contributed by atoms with E-state index in [0.29, 0.717) is 11.8 Å². The van der Waals surface area contributed by atoms with Crippen molar-refractivity contribution >= 4 is 23.1 Å². The van der Waals surface area contributed by atoms with E-state index in [4.69, 9.17) is 9.15 Å². The molecule has 8 heteroatoms. The second-order valence-corrected chi connectivity index (χ2v) is 6.51. The molecule has 1 unspecified atom stereocenters. The molecular formula is C22H15F2NO5. The molecular weight excluding hydrogens is 396 g/mol. The summed E-state index contributed by atoms with van der Waals surface area (Å²) in [6, 6.07) is 10.6. The Labute approximate surface area is 169 Å². The van der Waals surface area contributed by atoms with Crippen molar-refractivity contribution in [3.63, 3.8) is 0 Å². The standard InChI is InChI=1S/C22H15F2NO5/c1-29-14-7-4-12(5-8-14)20(26)18-19(17-3-2-10-30-17)25(22(28)21(18)27)16-9-6-13(23)11-15(16)24/h2-11,19,26H,1H3/b20-18-. The first-order valence-electron chi connectivity index (χ1n) is 8.86. The van der Waals surface area contributed by atoms with Crippen LogP contribution < -0.4 is 9.64 Å². The van der Waals surface area contributed by atoms with Crippen LogP contribution in [0, 0.1) is 11.6 Å². The zero-order valence-electron chi connectivity index (χ0n) is 15.6. The number of carbonyl (C=O) groups is 2. The normalized spacial score (nSPS) is 18.1. The van der Waals surface area contributed by atoms with Crippen molar-refractivity contribution in [2.24, 2.45) is 0 Å². The van der Waals surface area contributed by atoms with Gasteiger partial charge in [-0.1, -0.05) is 0 Å². The lowest BCUT2D eigenvalue weighted by Crippen LogP contribution is -2.30. The third-order valence-electron chi connectivity index (χ3n) is 4.79. The number of aliphatic hydroxyl groups excluding tert-OH is 1. The number of halogens is 2. The van der Waals surface area contributed by atoms with Crippen LogP contribution in [0.3, 0.4) is 0 Å². The molecule has 152 valence electrons. The van der Waals surface area contributed by atoms with Gasteiger partial charge in [0, 0.05) is 11.6 Å². The van der Waals surface area contributed by atoms with E-state index in [1.807, 2.05) is 0 Å². The number of nitrogens with zero attached hydrogens (tertiary/aromatic N) is 1. The lowest BCUT2D eigenvalue weighted by Gasteiger charge is -2.23. The number of carbonyl (C=O) groups excluding carboxylic acids is 2. The van der Waals surface area contributed by atoms with Crippen molar-refractivity contribution in [2.45, 2.75) is 6.04 Å². The summed E-state index contributed by atoms with van der Waals surface area (Å²) < 4.78 is 38.3. The predicted molar refractivity (Wildman–Crippen MR) is 103 cm³/mol. The number of Topliss-reactive ketones (excluding diaryl/α,β-unsaturated/α-hetero) is 1. The number of furan rings is 1. The Bertz CT molecular complexity index is 1150. The molecule has 1 fully saturated rings. The van der Waals surface area contributed by atoms with E-state index in [1.165, 1.54) is 37.6 Å². The number of amides is 1. The van der Waals surface area contributed by atoms with Gasteiger partial charge in [0.1, 0.15) is 34.9 Å². The molecule has 0 radical (unpaired) electrons. The topological polar surface area (TPSA) is 80.0 Å². The molecule has 0 spiro atoms. The van der Waals surface area contributed by atoms with Crippen molar-refractivity contribution in [3.8, 4) is 5.75 Å². The molecule has 1 amide bonds. The van der Waals surface area contributed by atoms with Gasteiger partial charge in [-0.15, -0.1) is 0 Å². The SMILES string of the molecule is COc1ccc(/C(O)=C2/C(=O)C(=O)N(c3ccc(F)cc3F)C2c2ccco2)cc1. The van der Waals surface area contributed by atoms with Gasteiger partial charge >= 0.3 is 0 Å². The van der Waals surface area contributed by atoms with Gasteiger partial charge in [0.05, 0.1) is 24.6 Å². The summed E-state index contributed by atoms with van der Waals surface area (Å²) in [5, 5.41) is 10.9. The monoisotopic (exact) mass is 411 g/mol. The number of rotatable bonds is 4. The number of hydrogen-bond donors (Lipinski definition) is 1. The van der Waals surface area contributed by atoms with Crippen LogP contribution in [0.15, 0.2) is 70.9 Å². The van der Waals surface area contributed by atoms with E-state index in [2.05, 4.69) is 0 Å². The molecule has 0 aliphatic carbocycles. The molecule has 1 N–H and O–H groups in total. The minimum atomic E-state index is -1.23. The average Bonchev–Trinajstić information content (AvgIpc) is 3.35. The number of methoxy groups -OCH3 is 1. The molecule has 0 bridgehead atoms. The first-order valence-corrected chi connectivity index (χ1v) is 8.86. The third kappa shape index (κ3) is 3.12. The van der Waals surface area contributed by atoms with Crippen LogP contribution in [0.25, 0.3) is 5.76 Å². The fourth-order valence-electron chi connectivity index (χ4n) is 3.38. The summed E-state index contributed by atoms with van der Waals surface area (Å²) in [7, 11) is 1.48. The minimum absolute atomic E-state index is 0.132. The predicted octanol–water partition coefficient (Wildman–Crippen LogP) is 4.19. The van der Waals surface area contributed by atoms with Crippen LogP contribution in [-0.2, 0) is 9.59 Å². The first kappa shape index (κ1) is 19.4. The van der Waals surface area contributed by atoms with E-state index < -0.39 is 35.1 Å². The van der Waals surface area contributed by atoms with Crippen LogP contribution in [-0.4, -0.2) is 23.9 Å². The van der Waals surface area contributed by atoms with Gasteiger partial charge in [-0.2, -0.15) is 0 Å². The summed E-state index contributed by atoms with van der Waals surface area (Å²) in [5.41, 5.74) is -0.331. The number of benzene rings is 2. The Kier molecular flexibility index (Phi) is 4.83. The average molecular weight is 411 g/mol. The first-order chi connectivity index (χ1) is 14.4. The molecule has 4 rings (SSSR count). The van der Waals surface area contributed by atoms with Gasteiger partial charge in [0.15, 0.2) is 0 Å².